The van der Waals surface area contributed by atoms with Crippen molar-refractivity contribution in [3.63, 3.8) is 0 Å². The lowest BCUT2D eigenvalue weighted by molar-refractivity contribution is 0.437. The number of hydrogen-bond acceptors (Lipinski definition) is 6. The third kappa shape index (κ3) is 3.14. The molecule has 19 heavy (non-hydrogen) atoms. The van der Waals surface area contributed by atoms with Gasteiger partial charge in [0.15, 0.2) is 0 Å². The van der Waals surface area contributed by atoms with Gasteiger partial charge in [0, 0.05) is 4.90 Å². The Kier molecular flexibility index (Phi) is 3.88. The number of hydrogen-bond donors (Lipinski definition) is 2. The van der Waals surface area contributed by atoms with E-state index in [0.717, 1.165) is 10.5 Å². The second-order valence-electron chi connectivity index (χ2n) is 3.90. The Labute approximate surface area is 115 Å². The van der Waals surface area contributed by atoms with E-state index in [1.807, 2.05) is 24.3 Å². The molecular weight excluding hydrogens is 260 g/mol. The smallest absolute Gasteiger partial charge is 0.230 e. The Balaban J connectivity index is 2.24. The fourth-order valence-electron chi connectivity index (χ4n) is 1.57. The van der Waals surface area contributed by atoms with Crippen molar-refractivity contribution in [3.8, 4) is 11.9 Å². The van der Waals surface area contributed by atoms with Crippen molar-refractivity contribution in [2.24, 2.45) is 0 Å². The maximum Gasteiger partial charge on any atom is 0.230 e. The van der Waals surface area contributed by atoms with Gasteiger partial charge in [0.1, 0.15) is 0 Å². The summed E-state index contributed by atoms with van der Waals surface area (Å²) in [6.07, 6.45) is 0.389. The predicted molar refractivity (Wildman–Crippen MR) is 72.7 cm³/mol. The van der Waals surface area contributed by atoms with Crippen LogP contribution in [0.4, 0.5) is 5.95 Å². The highest BCUT2D eigenvalue weighted by Gasteiger charge is 2.11. The number of anilines is 1. The zero-order valence-corrected chi connectivity index (χ0v) is 11.1. The molecule has 3 N–H and O–H groups in total. The van der Waals surface area contributed by atoms with Crippen molar-refractivity contribution >= 4 is 17.7 Å². The zero-order valence-electron chi connectivity index (χ0n) is 10.3. The number of nitrogen functional groups attached to an aromatic ring is 1. The van der Waals surface area contributed by atoms with Crippen molar-refractivity contribution in [2.45, 2.75) is 23.1 Å². The van der Waals surface area contributed by atoms with Crippen LogP contribution in [-0.2, 0) is 6.42 Å². The lowest BCUT2D eigenvalue weighted by Crippen LogP contribution is -1.98. The maximum absolute atomic E-state index is 9.78. The Morgan fingerprint density at radius 1 is 1.32 bits per heavy atom. The molecule has 0 fully saturated rings. The van der Waals surface area contributed by atoms with Crippen molar-refractivity contribution in [1.82, 2.24) is 9.97 Å². The van der Waals surface area contributed by atoms with Crippen LogP contribution in [0.5, 0.6) is 5.88 Å². The molecule has 2 rings (SSSR count). The predicted octanol–water partition coefficient (Wildman–Crippen LogP) is 2.29. The largest absolute Gasteiger partial charge is 0.492 e. The van der Waals surface area contributed by atoms with Crippen LogP contribution in [-0.4, -0.2) is 15.1 Å². The Morgan fingerprint density at radius 2 is 2.00 bits per heavy atom. The van der Waals surface area contributed by atoms with Gasteiger partial charge in [0.05, 0.1) is 23.1 Å². The van der Waals surface area contributed by atoms with Crippen LogP contribution >= 0.6 is 11.8 Å². The van der Waals surface area contributed by atoms with E-state index in [9.17, 15) is 5.11 Å². The summed E-state index contributed by atoms with van der Waals surface area (Å²) in [5.41, 5.74) is 7.05. The molecule has 0 saturated heterocycles. The molecule has 0 radical (unpaired) electrons. The van der Waals surface area contributed by atoms with E-state index < -0.39 is 0 Å². The van der Waals surface area contributed by atoms with Crippen LogP contribution in [0.1, 0.15) is 11.3 Å². The topological polar surface area (TPSA) is 95.8 Å². The fraction of sp³-hybridized carbons (Fsp3) is 0.154. The van der Waals surface area contributed by atoms with Crippen LogP contribution in [0.2, 0.25) is 0 Å². The van der Waals surface area contributed by atoms with Crippen LogP contribution in [0.3, 0.4) is 0 Å². The van der Waals surface area contributed by atoms with Gasteiger partial charge in [-0.1, -0.05) is 23.9 Å². The van der Waals surface area contributed by atoms with Crippen LogP contribution in [0, 0.1) is 18.3 Å². The molecule has 1 aromatic carbocycles. The summed E-state index contributed by atoms with van der Waals surface area (Å²) < 4.78 is 0. The molecule has 5 nitrogen and oxygen atoms in total. The molecule has 96 valence electrons. The molecular formula is C13H12N4OS. The molecule has 0 spiro atoms. The maximum atomic E-state index is 9.78. The van der Waals surface area contributed by atoms with E-state index in [1.54, 1.807) is 6.92 Å². The fourth-order valence-corrected chi connectivity index (χ4v) is 2.41. The average Bonchev–Trinajstić information content (AvgIpc) is 2.36. The Hall–Kier alpha value is -2.26. The molecule has 2 aromatic rings. The van der Waals surface area contributed by atoms with Gasteiger partial charge in [-0.05, 0) is 24.6 Å². The molecule has 0 unspecified atom stereocenters. The third-order valence-electron chi connectivity index (χ3n) is 2.46. The first-order valence-electron chi connectivity index (χ1n) is 5.57. The molecule has 0 bridgehead atoms. The van der Waals surface area contributed by atoms with Crippen molar-refractivity contribution in [1.29, 1.82) is 5.26 Å². The van der Waals surface area contributed by atoms with Crippen LogP contribution in [0.15, 0.2) is 34.1 Å². The minimum atomic E-state index is -0.115. The van der Waals surface area contributed by atoms with Crippen LogP contribution < -0.4 is 5.73 Å². The van der Waals surface area contributed by atoms with E-state index in [2.05, 4.69) is 16.0 Å². The van der Waals surface area contributed by atoms with Crippen molar-refractivity contribution < 1.29 is 5.11 Å². The first kappa shape index (κ1) is 13.2. The van der Waals surface area contributed by atoms with Gasteiger partial charge in [0.2, 0.25) is 11.8 Å². The van der Waals surface area contributed by atoms with Crippen molar-refractivity contribution in [3.05, 3.63) is 35.5 Å². The zero-order chi connectivity index (χ0) is 13.8. The number of nitrogens with two attached hydrogens (primary N) is 1. The number of aromatic hydroxyl groups is 1. The summed E-state index contributed by atoms with van der Waals surface area (Å²) in [6, 6.07) is 9.66. The highest BCUT2D eigenvalue weighted by molar-refractivity contribution is 7.99. The lowest BCUT2D eigenvalue weighted by atomic mass is 10.2. The number of nitrogens with zero attached hydrogens (tertiary/aromatic N) is 3. The molecule has 0 aliphatic heterocycles. The van der Waals surface area contributed by atoms with E-state index in [0.29, 0.717) is 17.0 Å². The molecule has 1 aromatic heterocycles. The summed E-state index contributed by atoms with van der Waals surface area (Å²) in [5, 5.41) is 18.4. The second kappa shape index (κ2) is 5.59. The summed E-state index contributed by atoms with van der Waals surface area (Å²) in [5.74, 6) is -0.0557. The van der Waals surface area contributed by atoms with E-state index in [1.165, 1.54) is 11.8 Å². The first-order chi connectivity index (χ1) is 9.10. The van der Waals surface area contributed by atoms with Crippen molar-refractivity contribution in [2.75, 3.05) is 5.73 Å². The summed E-state index contributed by atoms with van der Waals surface area (Å²) in [6.45, 7) is 1.77. The summed E-state index contributed by atoms with van der Waals surface area (Å²) in [4.78, 5) is 9.28. The number of rotatable bonds is 3. The highest BCUT2D eigenvalue weighted by atomic mass is 32.2. The molecule has 0 atom stereocenters. The van der Waals surface area contributed by atoms with Gasteiger partial charge in [-0.25, -0.2) is 4.98 Å². The van der Waals surface area contributed by atoms with E-state index in [4.69, 9.17) is 11.0 Å². The van der Waals surface area contributed by atoms with Gasteiger partial charge < -0.3 is 10.8 Å². The average molecular weight is 272 g/mol. The first-order valence-corrected chi connectivity index (χ1v) is 6.38. The minimum absolute atomic E-state index is 0.0590. The number of benzene rings is 1. The lowest BCUT2D eigenvalue weighted by Gasteiger charge is -2.07. The summed E-state index contributed by atoms with van der Waals surface area (Å²) >= 11 is 1.36. The SMILES string of the molecule is Cc1nc(N)nc(O)c1Sc1ccc(CC#N)cc1. The van der Waals surface area contributed by atoms with E-state index >= 15 is 0 Å². The third-order valence-corrected chi connectivity index (χ3v) is 3.65. The highest BCUT2D eigenvalue weighted by Crippen LogP contribution is 2.35. The molecule has 0 aliphatic rings. The Morgan fingerprint density at radius 3 is 2.58 bits per heavy atom. The molecule has 0 amide bonds. The van der Waals surface area contributed by atoms with E-state index in [-0.39, 0.29) is 11.8 Å². The molecule has 6 heteroatoms. The number of aromatic nitrogens is 2. The van der Waals surface area contributed by atoms with Gasteiger partial charge in [-0.15, -0.1) is 0 Å². The molecule has 0 aliphatic carbocycles. The monoisotopic (exact) mass is 272 g/mol. The van der Waals surface area contributed by atoms with Gasteiger partial charge in [-0.2, -0.15) is 10.2 Å². The molecule has 0 saturated carbocycles. The van der Waals surface area contributed by atoms with Crippen LogP contribution in [0.25, 0.3) is 0 Å². The normalized spacial score (nSPS) is 10.1. The van der Waals surface area contributed by atoms with Gasteiger partial charge in [-0.3, -0.25) is 0 Å². The van der Waals surface area contributed by atoms with Gasteiger partial charge in [0.25, 0.3) is 0 Å². The molecule has 1 heterocycles. The Bertz CT molecular complexity index is 611. The quantitative estimate of drug-likeness (QED) is 0.890. The number of nitriles is 1. The second-order valence-corrected chi connectivity index (χ2v) is 4.98. The standard InChI is InChI=1S/C13H12N4OS/c1-8-11(12(18)17-13(15)16-8)19-10-4-2-9(3-5-10)6-7-14/h2-5H,6H2,1H3,(H3,15,16,17,18). The summed E-state index contributed by atoms with van der Waals surface area (Å²) in [7, 11) is 0. The minimum Gasteiger partial charge on any atom is -0.492 e. The number of aryl methyl sites for hydroxylation is 1. The van der Waals surface area contributed by atoms with Gasteiger partial charge >= 0.3 is 0 Å².